The summed E-state index contributed by atoms with van der Waals surface area (Å²) in [4.78, 5) is 13.0. The van der Waals surface area contributed by atoms with Gasteiger partial charge < -0.3 is 9.84 Å². The smallest absolute Gasteiger partial charge is 0.317 e. The molecule has 0 heterocycles. The number of nitrogens with zero attached hydrogens (tertiary/aromatic N) is 1. The van der Waals surface area contributed by atoms with Crippen molar-refractivity contribution >= 4 is 16.0 Å². The van der Waals surface area contributed by atoms with Crippen LogP contribution >= 0.6 is 0 Å². The molecule has 1 aromatic rings. The number of hydrogen-bond acceptors (Lipinski definition) is 5. The van der Waals surface area contributed by atoms with E-state index in [9.17, 15) is 13.2 Å². The lowest BCUT2D eigenvalue weighted by Crippen LogP contribution is -2.54. The van der Waals surface area contributed by atoms with Gasteiger partial charge in [-0.05, 0) is 56.5 Å². The fourth-order valence-electron chi connectivity index (χ4n) is 3.21. The highest BCUT2D eigenvalue weighted by molar-refractivity contribution is 7.89. The number of methoxy groups -OCH3 is 1. The molecule has 1 aliphatic carbocycles. The predicted molar refractivity (Wildman–Crippen MR) is 94.5 cm³/mol. The van der Waals surface area contributed by atoms with Gasteiger partial charge in [-0.25, -0.2) is 13.1 Å². The molecule has 1 saturated carbocycles. The van der Waals surface area contributed by atoms with Crippen LogP contribution in [0.2, 0.25) is 0 Å². The Labute approximate surface area is 149 Å². The Kier molecular flexibility index (Phi) is 6.08. The zero-order chi connectivity index (χ0) is 18.8. The number of aryl methyl sites for hydroxylation is 2. The molecule has 0 atom stereocenters. The first-order chi connectivity index (χ1) is 11.7. The lowest BCUT2D eigenvalue weighted by molar-refractivity contribution is -0.139. The molecular weight excluding hydrogens is 344 g/mol. The Morgan fingerprint density at radius 3 is 2.48 bits per heavy atom. The predicted octanol–water partition coefficient (Wildman–Crippen LogP) is 1.53. The summed E-state index contributed by atoms with van der Waals surface area (Å²) in [7, 11) is -2.06. The number of sulfonamides is 1. The zero-order valence-electron chi connectivity index (χ0n) is 15.1. The molecule has 0 radical (unpaired) electrons. The van der Waals surface area contributed by atoms with Crippen LogP contribution in [0.1, 0.15) is 30.9 Å². The molecule has 0 aromatic heterocycles. The topological polar surface area (TPSA) is 95.9 Å². The van der Waals surface area contributed by atoms with E-state index in [1.807, 2.05) is 18.7 Å². The maximum Gasteiger partial charge on any atom is 0.317 e. The van der Waals surface area contributed by atoms with Crippen molar-refractivity contribution in [2.24, 2.45) is 0 Å². The summed E-state index contributed by atoms with van der Waals surface area (Å²) in [6.45, 7) is 6.07. The van der Waals surface area contributed by atoms with Gasteiger partial charge in [0.2, 0.25) is 10.0 Å². The number of rotatable bonds is 8. The number of likely N-dealkylation sites (N-methyl/N-ethyl adjacent to an activating group) is 1. The van der Waals surface area contributed by atoms with Gasteiger partial charge in [-0.3, -0.25) is 9.69 Å². The third-order valence-electron chi connectivity index (χ3n) is 4.68. The van der Waals surface area contributed by atoms with Gasteiger partial charge in [-0.1, -0.05) is 6.92 Å². The Bertz CT molecular complexity index is 742. The van der Waals surface area contributed by atoms with Crippen LogP contribution in [0.5, 0.6) is 5.75 Å². The molecule has 8 heteroatoms. The standard InChI is InChI=1S/C17H26N2O5S/c1-5-19(10-17(20)21)14-8-13(9-14)18-25(22,23)16-7-11(2)15(24-4)6-12(16)3/h6-7,13-14,18H,5,8-10H2,1-4H3,(H,20,21). The van der Waals surface area contributed by atoms with Crippen LogP contribution in [0.3, 0.4) is 0 Å². The van der Waals surface area contributed by atoms with Crippen LogP contribution in [0, 0.1) is 13.8 Å². The number of carboxylic acid groups (broad SMARTS) is 1. The molecule has 25 heavy (non-hydrogen) atoms. The monoisotopic (exact) mass is 370 g/mol. The first-order valence-electron chi connectivity index (χ1n) is 8.31. The molecular formula is C17H26N2O5S. The van der Waals surface area contributed by atoms with E-state index in [1.54, 1.807) is 26.2 Å². The van der Waals surface area contributed by atoms with Crippen LogP contribution in [0.15, 0.2) is 17.0 Å². The third-order valence-corrected chi connectivity index (χ3v) is 6.34. The van der Waals surface area contributed by atoms with Gasteiger partial charge in [0.15, 0.2) is 0 Å². The van der Waals surface area contributed by atoms with Crippen LogP contribution in [0.25, 0.3) is 0 Å². The molecule has 140 valence electrons. The number of hydrogen-bond donors (Lipinski definition) is 2. The molecule has 0 aliphatic heterocycles. The molecule has 0 spiro atoms. The second kappa shape index (κ2) is 7.72. The first-order valence-corrected chi connectivity index (χ1v) is 9.79. The third kappa shape index (κ3) is 4.50. The molecule has 2 rings (SSSR count). The maximum absolute atomic E-state index is 12.7. The quantitative estimate of drug-likeness (QED) is 0.720. The van der Waals surface area contributed by atoms with Crippen molar-refractivity contribution in [3.05, 3.63) is 23.3 Å². The van der Waals surface area contributed by atoms with E-state index in [0.717, 1.165) is 5.56 Å². The number of benzene rings is 1. The van der Waals surface area contributed by atoms with Gasteiger partial charge in [0.1, 0.15) is 5.75 Å². The van der Waals surface area contributed by atoms with E-state index in [-0.39, 0.29) is 23.5 Å². The second-order valence-electron chi connectivity index (χ2n) is 6.49. The number of nitrogens with one attached hydrogen (secondary N) is 1. The highest BCUT2D eigenvalue weighted by Gasteiger charge is 2.36. The Morgan fingerprint density at radius 1 is 1.32 bits per heavy atom. The van der Waals surface area contributed by atoms with Crippen molar-refractivity contribution in [1.29, 1.82) is 0 Å². The summed E-state index contributed by atoms with van der Waals surface area (Å²) in [5, 5.41) is 8.92. The van der Waals surface area contributed by atoms with Gasteiger partial charge in [0, 0.05) is 12.1 Å². The lowest BCUT2D eigenvalue weighted by Gasteiger charge is -2.42. The van der Waals surface area contributed by atoms with Gasteiger partial charge in [-0.15, -0.1) is 0 Å². The minimum Gasteiger partial charge on any atom is -0.496 e. The van der Waals surface area contributed by atoms with E-state index in [0.29, 0.717) is 30.7 Å². The van der Waals surface area contributed by atoms with Gasteiger partial charge >= 0.3 is 5.97 Å². The Morgan fingerprint density at radius 2 is 1.96 bits per heavy atom. The van der Waals surface area contributed by atoms with Crippen molar-refractivity contribution in [3.63, 3.8) is 0 Å². The number of carbonyl (C=O) groups is 1. The summed E-state index contributed by atoms with van der Waals surface area (Å²) in [5.41, 5.74) is 1.39. The number of carboxylic acids is 1. The summed E-state index contributed by atoms with van der Waals surface area (Å²) in [6.07, 6.45) is 1.24. The maximum atomic E-state index is 12.7. The minimum atomic E-state index is -3.62. The van der Waals surface area contributed by atoms with Gasteiger partial charge in [-0.2, -0.15) is 0 Å². The Balaban J connectivity index is 2.04. The van der Waals surface area contributed by atoms with Crippen molar-refractivity contribution in [1.82, 2.24) is 9.62 Å². The molecule has 1 fully saturated rings. The SMILES string of the molecule is CCN(CC(=O)O)C1CC(NS(=O)(=O)c2cc(C)c(OC)cc2C)C1. The van der Waals surface area contributed by atoms with Crippen LogP contribution in [-0.2, 0) is 14.8 Å². The van der Waals surface area contributed by atoms with Crippen LogP contribution in [-0.4, -0.2) is 56.7 Å². The summed E-state index contributed by atoms with van der Waals surface area (Å²) in [6, 6.07) is 3.28. The molecule has 0 amide bonds. The van der Waals surface area contributed by atoms with Crippen LogP contribution in [0.4, 0.5) is 0 Å². The molecule has 0 saturated heterocycles. The van der Waals surface area contributed by atoms with Gasteiger partial charge in [0.25, 0.3) is 0 Å². The fraction of sp³-hybridized carbons (Fsp3) is 0.588. The minimum absolute atomic E-state index is 0.0164. The van der Waals surface area contributed by atoms with E-state index < -0.39 is 16.0 Å². The van der Waals surface area contributed by atoms with Crippen LogP contribution < -0.4 is 9.46 Å². The normalized spacial score (nSPS) is 20.4. The highest BCUT2D eigenvalue weighted by atomic mass is 32.2. The zero-order valence-corrected chi connectivity index (χ0v) is 15.9. The summed E-state index contributed by atoms with van der Waals surface area (Å²) < 4.78 is 33.3. The number of ether oxygens (including phenoxy) is 1. The number of aliphatic carboxylic acids is 1. The average molecular weight is 370 g/mol. The molecule has 0 bridgehead atoms. The molecule has 7 nitrogen and oxygen atoms in total. The second-order valence-corrected chi connectivity index (χ2v) is 8.17. The summed E-state index contributed by atoms with van der Waals surface area (Å²) >= 11 is 0. The van der Waals surface area contributed by atoms with Crippen molar-refractivity contribution in [3.8, 4) is 5.75 Å². The van der Waals surface area contributed by atoms with Crippen molar-refractivity contribution in [2.75, 3.05) is 20.2 Å². The van der Waals surface area contributed by atoms with Gasteiger partial charge in [0.05, 0.1) is 18.6 Å². The van der Waals surface area contributed by atoms with Crippen molar-refractivity contribution < 1.29 is 23.1 Å². The van der Waals surface area contributed by atoms with E-state index in [4.69, 9.17) is 9.84 Å². The molecule has 2 N–H and O–H groups in total. The highest BCUT2D eigenvalue weighted by Crippen LogP contribution is 2.29. The first kappa shape index (κ1) is 19.7. The Hall–Kier alpha value is -1.64. The molecule has 0 unspecified atom stereocenters. The molecule has 1 aliphatic rings. The lowest BCUT2D eigenvalue weighted by atomic mass is 9.86. The molecule has 1 aromatic carbocycles. The van der Waals surface area contributed by atoms with Crippen molar-refractivity contribution in [2.45, 2.75) is 50.6 Å². The van der Waals surface area contributed by atoms with E-state index in [2.05, 4.69) is 4.72 Å². The fourth-order valence-corrected chi connectivity index (χ4v) is 4.78. The average Bonchev–Trinajstić information content (AvgIpc) is 2.50. The summed E-state index contributed by atoms with van der Waals surface area (Å²) in [5.74, 6) is -0.206. The van der Waals surface area contributed by atoms with E-state index in [1.165, 1.54) is 0 Å². The van der Waals surface area contributed by atoms with E-state index >= 15 is 0 Å². The largest absolute Gasteiger partial charge is 0.496 e.